The highest BCUT2D eigenvalue weighted by Crippen LogP contribution is 2.45. The zero-order valence-electron chi connectivity index (χ0n) is 21.2. The van der Waals surface area contributed by atoms with Crippen molar-refractivity contribution in [1.29, 1.82) is 0 Å². The Morgan fingerprint density at radius 2 is 1.78 bits per heavy atom. The first-order chi connectivity index (χ1) is 17.8. The Morgan fingerprint density at radius 1 is 1.03 bits per heavy atom. The molecule has 6 nitrogen and oxygen atoms in total. The first-order valence-corrected chi connectivity index (χ1v) is 13.1. The van der Waals surface area contributed by atoms with Crippen LogP contribution in [0.5, 0.6) is 5.75 Å². The number of carbonyl (C=O) groups excluding carboxylic acids is 2. The van der Waals surface area contributed by atoms with Gasteiger partial charge >= 0.3 is 5.91 Å². The zero-order valence-corrected chi connectivity index (χ0v) is 22.1. The van der Waals surface area contributed by atoms with Crippen LogP contribution in [0.2, 0.25) is 0 Å². The van der Waals surface area contributed by atoms with Gasteiger partial charge in [-0.05, 0) is 62.1 Å². The Morgan fingerprint density at radius 3 is 2.51 bits per heavy atom. The van der Waals surface area contributed by atoms with E-state index in [0.29, 0.717) is 23.1 Å². The molecule has 4 aromatic rings. The molecule has 1 fully saturated rings. The predicted molar refractivity (Wildman–Crippen MR) is 147 cm³/mol. The Hall–Kier alpha value is -3.97. The number of thiazole rings is 1. The van der Waals surface area contributed by atoms with Crippen molar-refractivity contribution in [2.75, 3.05) is 11.5 Å². The Balaban J connectivity index is 1.69. The van der Waals surface area contributed by atoms with Gasteiger partial charge in [-0.1, -0.05) is 66.3 Å². The maximum atomic E-state index is 13.5. The molecule has 0 aliphatic carbocycles. The highest BCUT2D eigenvalue weighted by molar-refractivity contribution is 7.22. The van der Waals surface area contributed by atoms with Gasteiger partial charge in [0.2, 0.25) is 0 Å². The van der Waals surface area contributed by atoms with E-state index in [1.807, 2.05) is 64.1 Å². The van der Waals surface area contributed by atoms with Crippen LogP contribution in [-0.2, 0) is 9.59 Å². The van der Waals surface area contributed by atoms with Gasteiger partial charge in [0, 0.05) is 5.56 Å². The van der Waals surface area contributed by atoms with Crippen LogP contribution in [0, 0.1) is 20.8 Å². The molecule has 37 heavy (non-hydrogen) atoms. The van der Waals surface area contributed by atoms with Crippen molar-refractivity contribution >= 4 is 44.1 Å². The van der Waals surface area contributed by atoms with Gasteiger partial charge in [-0.3, -0.25) is 14.5 Å². The molecule has 1 aliphatic heterocycles. The molecule has 1 aromatic heterocycles. The third-order valence-electron chi connectivity index (χ3n) is 6.44. The monoisotopic (exact) mass is 512 g/mol. The summed E-state index contributed by atoms with van der Waals surface area (Å²) >= 11 is 1.37. The number of hydrogen-bond acceptors (Lipinski definition) is 6. The lowest BCUT2D eigenvalue weighted by Gasteiger charge is -2.23. The minimum absolute atomic E-state index is 0.0358. The van der Waals surface area contributed by atoms with Crippen LogP contribution in [0.3, 0.4) is 0 Å². The molecule has 0 spiro atoms. The number of benzene rings is 3. The minimum atomic E-state index is -0.817. The van der Waals surface area contributed by atoms with Crippen LogP contribution in [0.15, 0.2) is 66.2 Å². The number of nitrogens with zero attached hydrogens (tertiary/aromatic N) is 2. The van der Waals surface area contributed by atoms with Gasteiger partial charge in [0.05, 0.1) is 28.4 Å². The van der Waals surface area contributed by atoms with E-state index in [0.717, 1.165) is 38.9 Å². The smallest absolute Gasteiger partial charge is 0.301 e. The number of ether oxygens (including phenoxy) is 1. The van der Waals surface area contributed by atoms with E-state index in [4.69, 9.17) is 9.72 Å². The van der Waals surface area contributed by atoms with Gasteiger partial charge in [-0.15, -0.1) is 0 Å². The highest BCUT2D eigenvalue weighted by atomic mass is 32.1. The average Bonchev–Trinajstić information content (AvgIpc) is 3.41. The second-order valence-corrected chi connectivity index (χ2v) is 10.4. The molecule has 3 aromatic carbocycles. The van der Waals surface area contributed by atoms with Crippen LogP contribution in [0.4, 0.5) is 5.13 Å². The zero-order chi connectivity index (χ0) is 26.3. The van der Waals surface area contributed by atoms with Crippen LogP contribution >= 0.6 is 11.3 Å². The summed E-state index contributed by atoms with van der Waals surface area (Å²) in [6, 6.07) is 17.8. The Bertz CT molecular complexity index is 1550. The van der Waals surface area contributed by atoms with Crippen molar-refractivity contribution in [2.45, 2.75) is 40.2 Å². The van der Waals surface area contributed by atoms with Gasteiger partial charge in [0.25, 0.3) is 5.78 Å². The van der Waals surface area contributed by atoms with Crippen LogP contribution in [0.25, 0.3) is 16.0 Å². The minimum Gasteiger partial charge on any atom is -0.507 e. The van der Waals surface area contributed by atoms with Crippen molar-refractivity contribution in [2.24, 2.45) is 0 Å². The third-order valence-corrected chi connectivity index (χ3v) is 7.44. The number of fused-ring (bicyclic) bond motifs is 1. The third kappa shape index (κ3) is 4.51. The average molecular weight is 513 g/mol. The van der Waals surface area contributed by atoms with Gasteiger partial charge in [-0.25, -0.2) is 4.98 Å². The molecular weight excluding hydrogens is 484 g/mol. The number of anilines is 1. The maximum absolute atomic E-state index is 13.5. The molecule has 2 heterocycles. The largest absolute Gasteiger partial charge is 0.507 e. The molecule has 1 amide bonds. The van der Waals surface area contributed by atoms with Crippen molar-refractivity contribution in [3.63, 3.8) is 0 Å². The molecular formula is C30H28N2O4S. The van der Waals surface area contributed by atoms with Gasteiger partial charge in [-0.2, -0.15) is 0 Å². The lowest BCUT2D eigenvalue weighted by Crippen LogP contribution is -2.29. The van der Waals surface area contributed by atoms with Crippen molar-refractivity contribution in [3.05, 3.63) is 94.1 Å². The van der Waals surface area contributed by atoms with Crippen molar-refractivity contribution in [3.8, 4) is 5.75 Å². The first-order valence-electron chi connectivity index (χ1n) is 12.3. The van der Waals surface area contributed by atoms with Crippen LogP contribution in [0.1, 0.15) is 47.2 Å². The summed E-state index contributed by atoms with van der Waals surface area (Å²) in [4.78, 5) is 33.2. The molecule has 1 saturated heterocycles. The summed E-state index contributed by atoms with van der Waals surface area (Å²) in [5.41, 5.74) is 5.13. The molecule has 1 atom stereocenters. The van der Waals surface area contributed by atoms with Crippen LogP contribution < -0.4 is 9.64 Å². The number of aliphatic hydroxyl groups excluding tert-OH is 1. The van der Waals surface area contributed by atoms with Crippen LogP contribution in [-0.4, -0.2) is 28.4 Å². The summed E-state index contributed by atoms with van der Waals surface area (Å²) in [5.74, 6) is -1.10. The fourth-order valence-corrected chi connectivity index (χ4v) is 5.83. The number of amides is 1. The molecule has 1 N–H and O–H groups in total. The number of Topliss-reactive ketones (excluding diaryl/α,β-unsaturated/α-hetero) is 1. The molecule has 188 valence electrons. The Labute approximate surface area is 219 Å². The SMILES string of the molecule is CCCOc1cccc(/C(O)=C2\C(=O)C(=O)N(c3nc4c(C)cc(C)cc4s3)C2c2ccc(C)cc2)c1. The summed E-state index contributed by atoms with van der Waals surface area (Å²) in [7, 11) is 0. The van der Waals surface area contributed by atoms with Gasteiger partial charge < -0.3 is 9.84 Å². The summed E-state index contributed by atoms with van der Waals surface area (Å²) in [6.07, 6.45) is 0.843. The van der Waals surface area contributed by atoms with Crippen molar-refractivity contribution in [1.82, 2.24) is 4.98 Å². The van der Waals surface area contributed by atoms with Gasteiger partial charge in [0.1, 0.15) is 11.5 Å². The lowest BCUT2D eigenvalue weighted by molar-refractivity contribution is -0.132. The highest BCUT2D eigenvalue weighted by Gasteiger charge is 2.48. The first kappa shape index (κ1) is 24.7. The van der Waals surface area contributed by atoms with E-state index in [-0.39, 0.29) is 11.3 Å². The normalized spacial score (nSPS) is 17.1. The van der Waals surface area contributed by atoms with Gasteiger partial charge in [0.15, 0.2) is 5.13 Å². The summed E-state index contributed by atoms with van der Waals surface area (Å²) < 4.78 is 6.66. The molecule has 1 unspecified atom stereocenters. The number of aromatic nitrogens is 1. The topological polar surface area (TPSA) is 79.7 Å². The fraction of sp³-hybridized carbons (Fsp3) is 0.233. The number of carbonyl (C=O) groups is 2. The van der Waals surface area contributed by atoms with E-state index >= 15 is 0 Å². The number of rotatable bonds is 6. The number of aryl methyl sites for hydroxylation is 3. The number of hydrogen-bond donors (Lipinski definition) is 1. The quantitative estimate of drug-likeness (QED) is 0.178. The molecule has 7 heteroatoms. The predicted octanol–water partition coefficient (Wildman–Crippen LogP) is 6.64. The maximum Gasteiger partial charge on any atom is 0.301 e. The van der Waals surface area contributed by atoms with Crippen molar-refractivity contribution < 1.29 is 19.4 Å². The Kier molecular flexibility index (Phi) is 6.56. The lowest BCUT2D eigenvalue weighted by atomic mass is 9.95. The second-order valence-electron chi connectivity index (χ2n) is 9.38. The second kappa shape index (κ2) is 9.82. The molecule has 0 bridgehead atoms. The molecule has 0 radical (unpaired) electrons. The number of ketones is 1. The van der Waals surface area contributed by atoms with E-state index in [9.17, 15) is 14.7 Å². The summed E-state index contributed by atoms with van der Waals surface area (Å²) in [6.45, 7) is 8.52. The molecule has 0 saturated carbocycles. The van der Waals surface area contributed by atoms with E-state index in [1.54, 1.807) is 24.3 Å². The molecule has 1 aliphatic rings. The van der Waals surface area contributed by atoms with E-state index in [1.165, 1.54) is 16.2 Å². The standard InChI is InChI=1S/C30H28N2O4S/c1-5-13-36-22-8-6-7-21(16-22)27(33)24-26(20-11-9-17(2)10-12-20)32(29(35)28(24)34)30-31-25-19(4)14-18(3)15-23(25)37-30/h6-12,14-16,26,33H,5,13H2,1-4H3/b27-24+. The molecule has 5 rings (SSSR count). The van der Waals surface area contributed by atoms with E-state index < -0.39 is 17.7 Å². The van der Waals surface area contributed by atoms with E-state index in [2.05, 4.69) is 0 Å². The summed E-state index contributed by atoms with van der Waals surface area (Å²) in [5, 5.41) is 11.9. The number of aliphatic hydroxyl groups is 1. The fourth-order valence-electron chi connectivity index (χ4n) is 4.66.